The lowest BCUT2D eigenvalue weighted by molar-refractivity contribution is 0.396. The van der Waals surface area contributed by atoms with Crippen LogP contribution in [0.4, 0.5) is 11.5 Å². The van der Waals surface area contributed by atoms with Crippen molar-refractivity contribution in [3.63, 3.8) is 0 Å². The third-order valence-corrected chi connectivity index (χ3v) is 5.44. The topological polar surface area (TPSA) is 68.2 Å². The highest BCUT2D eigenvalue weighted by atomic mass is 15.1. The molecule has 25 heavy (non-hydrogen) atoms. The molecular formula is C21H30N4. The normalized spacial score (nSPS) is 20.4. The lowest BCUT2D eigenvalue weighted by atomic mass is 9.81. The molecule has 4 heteroatoms. The summed E-state index contributed by atoms with van der Waals surface area (Å²) < 4.78 is 0. The van der Waals surface area contributed by atoms with E-state index in [0.29, 0.717) is 17.8 Å². The third-order valence-electron chi connectivity index (χ3n) is 5.44. The van der Waals surface area contributed by atoms with E-state index in [-0.39, 0.29) is 0 Å². The molecule has 0 unspecified atom stereocenters. The van der Waals surface area contributed by atoms with Gasteiger partial charge in [0.05, 0.1) is 0 Å². The molecule has 134 valence electrons. The molecule has 0 spiro atoms. The summed E-state index contributed by atoms with van der Waals surface area (Å²) >= 11 is 0. The van der Waals surface area contributed by atoms with E-state index >= 15 is 0 Å². The lowest BCUT2D eigenvalue weighted by Gasteiger charge is -2.32. The molecule has 0 saturated heterocycles. The van der Waals surface area contributed by atoms with Gasteiger partial charge in [0.2, 0.25) is 0 Å². The molecule has 0 aliphatic heterocycles. The summed E-state index contributed by atoms with van der Waals surface area (Å²) in [4.78, 5) is 6.81. The first-order valence-corrected chi connectivity index (χ1v) is 9.32. The van der Waals surface area contributed by atoms with Crippen molar-refractivity contribution in [1.29, 1.82) is 0 Å². The van der Waals surface area contributed by atoms with Crippen LogP contribution in [0.2, 0.25) is 0 Å². The highest BCUT2D eigenvalue weighted by Crippen LogP contribution is 2.41. The van der Waals surface area contributed by atoms with Crippen LogP contribution in [0.15, 0.2) is 36.5 Å². The van der Waals surface area contributed by atoms with Gasteiger partial charge in [-0.1, -0.05) is 30.3 Å². The van der Waals surface area contributed by atoms with Crippen LogP contribution in [0.3, 0.4) is 0 Å². The fourth-order valence-electron chi connectivity index (χ4n) is 4.00. The molecule has 0 bridgehead atoms. The predicted molar refractivity (Wildman–Crippen MR) is 106 cm³/mol. The van der Waals surface area contributed by atoms with E-state index in [1.807, 2.05) is 6.20 Å². The van der Waals surface area contributed by atoms with Gasteiger partial charge in [0.15, 0.2) is 0 Å². The summed E-state index contributed by atoms with van der Waals surface area (Å²) in [6, 6.07) is 11.0. The van der Waals surface area contributed by atoms with Crippen molar-refractivity contribution >= 4 is 11.5 Å². The zero-order valence-corrected chi connectivity index (χ0v) is 15.4. The van der Waals surface area contributed by atoms with Crippen LogP contribution >= 0.6 is 0 Å². The highest BCUT2D eigenvalue weighted by molar-refractivity contribution is 5.66. The van der Waals surface area contributed by atoms with E-state index in [4.69, 9.17) is 11.5 Å². The number of nitrogens with zero attached hydrogens (tertiary/aromatic N) is 2. The molecule has 1 fully saturated rings. The first-order chi connectivity index (χ1) is 12.1. The van der Waals surface area contributed by atoms with Gasteiger partial charge in [-0.2, -0.15) is 0 Å². The molecule has 2 aromatic rings. The van der Waals surface area contributed by atoms with Gasteiger partial charge >= 0.3 is 0 Å². The van der Waals surface area contributed by atoms with Crippen LogP contribution in [0.5, 0.6) is 0 Å². The van der Waals surface area contributed by atoms with Gasteiger partial charge in [-0.3, -0.25) is 0 Å². The number of hydrogen-bond donors (Lipinski definition) is 2. The number of rotatable bonds is 5. The molecule has 0 radical (unpaired) electrons. The van der Waals surface area contributed by atoms with Gasteiger partial charge in [-0.25, -0.2) is 4.98 Å². The molecule has 1 aromatic carbocycles. The number of benzene rings is 1. The van der Waals surface area contributed by atoms with Crippen molar-refractivity contribution < 1.29 is 0 Å². The summed E-state index contributed by atoms with van der Waals surface area (Å²) in [5.41, 5.74) is 17.5. The summed E-state index contributed by atoms with van der Waals surface area (Å²) in [7, 11) is 2.17. The van der Waals surface area contributed by atoms with Crippen molar-refractivity contribution in [3.8, 4) is 0 Å². The van der Waals surface area contributed by atoms with Gasteiger partial charge < -0.3 is 16.4 Å². The first kappa shape index (κ1) is 17.7. The molecule has 1 saturated carbocycles. The number of anilines is 2. The Balaban J connectivity index is 1.83. The highest BCUT2D eigenvalue weighted by Gasteiger charge is 2.26. The van der Waals surface area contributed by atoms with Crippen molar-refractivity contribution in [2.45, 2.75) is 51.0 Å². The van der Waals surface area contributed by atoms with Crippen LogP contribution in [0.1, 0.15) is 48.3 Å². The molecule has 0 amide bonds. The lowest BCUT2D eigenvalue weighted by Crippen LogP contribution is -2.28. The summed E-state index contributed by atoms with van der Waals surface area (Å²) in [6.45, 7) is 3.10. The Hall–Kier alpha value is -2.07. The Kier molecular flexibility index (Phi) is 5.59. The van der Waals surface area contributed by atoms with Crippen LogP contribution in [-0.4, -0.2) is 24.6 Å². The van der Waals surface area contributed by atoms with Gasteiger partial charge in [-0.05, 0) is 56.1 Å². The van der Waals surface area contributed by atoms with Gasteiger partial charge in [0.25, 0.3) is 0 Å². The number of aryl methyl sites for hydroxylation is 1. The average molecular weight is 338 g/mol. The second kappa shape index (κ2) is 7.87. The molecule has 4 nitrogen and oxygen atoms in total. The Bertz CT molecular complexity index is 691. The summed E-state index contributed by atoms with van der Waals surface area (Å²) in [5.74, 6) is 1.16. The number of nitrogens with two attached hydrogens (primary N) is 2. The molecule has 3 rings (SSSR count). The molecular weight excluding hydrogens is 308 g/mol. The van der Waals surface area contributed by atoms with Gasteiger partial charge in [0.1, 0.15) is 5.82 Å². The van der Waals surface area contributed by atoms with Crippen LogP contribution in [0.25, 0.3) is 0 Å². The van der Waals surface area contributed by atoms with E-state index in [1.54, 1.807) is 0 Å². The molecule has 1 aliphatic carbocycles. The zero-order chi connectivity index (χ0) is 17.8. The minimum absolute atomic E-state index is 0.342. The maximum absolute atomic E-state index is 6.33. The van der Waals surface area contributed by atoms with Crippen LogP contribution < -0.4 is 16.4 Å². The van der Waals surface area contributed by atoms with Crippen molar-refractivity contribution in [1.82, 2.24) is 4.98 Å². The van der Waals surface area contributed by atoms with E-state index in [9.17, 15) is 0 Å². The summed E-state index contributed by atoms with van der Waals surface area (Å²) in [6.07, 6.45) is 7.29. The van der Waals surface area contributed by atoms with Crippen LogP contribution in [0, 0.1) is 6.92 Å². The maximum atomic E-state index is 6.33. The summed E-state index contributed by atoms with van der Waals surface area (Å²) in [5, 5.41) is 0. The van der Waals surface area contributed by atoms with Crippen molar-refractivity contribution in [2.24, 2.45) is 5.73 Å². The van der Waals surface area contributed by atoms with Gasteiger partial charge in [0, 0.05) is 37.1 Å². The zero-order valence-electron chi connectivity index (χ0n) is 15.4. The number of pyridine rings is 1. The average Bonchev–Trinajstić information content (AvgIpc) is 2.63. The predicted octanol–water partition coefficient (Wildman–Crippen LogP) is 3.64. The second-order valence-corrected chi connectivity index (χ2v) is 7.36. The number of likely N-dealkylation sites (N-methyl/N-ethyl adjacent to an activating group) is 1. The Morgan fingerprint density at radius 3 is 2.48 bits per heavy atom. The molecule has 1 heterocycles. The Morgan fingerprint density at radius 1 is 1.12 bits per heavy atom. The fraction of sp³-hybridized carbons (Fsp3) is 0.476. The molecule has 1 aliphatic rings. The number of nitrogen functional groups attached to an aromatic ring is 1. The van der Waals surface area contributed by atoms with E-state index in [1.165, 1.54) is 22.4 Å². The van der Waals surface area contributed by atoms with Crippen molar-refractivity contribution in [2.75, 3.05) is 24.2 Å². The first-order valence-electron chi connectivity index (χ1n) is 9.32. The van der Waals surface area contributed by atoms with E-state index < -0.39 is 0 Å². The quantitative estimate of drug-likeness (QED) is 0.873. The number of aromatic nitrogens is 1. The maximum Gasteiger partial charge on any atom is 0.128 e. The minimum Gasteiger partial charge on any atom is -0.383 e. The van der Waals surface area contributed by atoms with Gasteiger partial charge in [-0.15, -0.1) is 0 Å². The number of hydrogen-bond acceptors (Lipinski definition) is 4. The van der Waals surface area contributed by atoms with Crippen LogP contribution in [-0.2, 0) is 6.42 Å². The SMILES string of the molecule is Cc1cnc(N)c(C2CCC(N)CC2)c1N(C)CCc1ccccc1. The largest absolute Gasteiger partial charge is 0.383 e. The molecule has 0 atom stereocenters. The fourth-order valence-corrected chi connectivity index (χ4v) is 4.00. The monoisotopic (exact) mass is 338 g/mol. The third kappa shape index (κ3) is 4.13. The van der Waals surface area contributed by atoms with E-state index in [2.05, 4.69) is 54.2 Å². The Morgan fingerprint density at radius 2 is 1.80 bits per heavy atom. The van der Waals surface area contributed by atoms with E-state index in [0.717, 1.165) is 38.6 Å². The minimum atomic E-state index is 0.342. The molecule has 4 N–H and O–H groups in total. The second-order valence-electron chi connectivity index (χ2n) is 7.36. The standard InChI is InChI=1S/C21H30N4/c1-15-14-24-21(23)19(17-8-10-18(22)11-9-17)20(15)25(2)13-12-16-6-4-3-5-7-16/h3-7,14,17-18H,8-13,22H2,1-2H3,(H2,23,24). The smallest absolute Gasteiger partial charge is 0.128 e. The van der Waals surface area contributed by atoms with Crippen molar-refractivity contribution in [3.05, 3.63) is 53.2 Å². The molecule has 1 aromatic heterocycles. The Labute approximate surface area is 151 Å².